The molecule has 0 saturated heterocycles. The highest BCUT2D eigenvalue weighted by Crippen LogP contribution is 2.74. The first-order valence-electron chi connectivity index (χ1n) is 13.6. The van der Waals surface area contributed by atoms with Gasteiger partial charge in [-0.3, -0.25) is 9.59 Å². The molecule has 0 spiro atoms. The number of carbonyl (C=O) groups excluding carboxylic acids is 2. The third-order valence-corrected chi connectivity index (χ3v) is 11.4. The van der Waals surface area contributed by atoms with Crippen molar-refractivity contribution >= 4 is 11.6 Å². The van der Waals surface area contributed by atoms with Crippen LogP contribution in [-0.2, 0) is 9.59 Å². The Hall–Kier alpha value is -1.38. The number of hydrogen-bond donors (Lipinski definition) is 5. The summed E-state index contributed by atoms with van der Waals surface area (Å²) in [5.74, 6) is -1.88. The second-order valence-electron chi connectivity index (χ2n) is 14.4. The minimum absolute atomic E-state index is 0.0156. The van der Waals surface area contributed by atoms with Crippen molar-refractivity contribution in [3.05, 3.63) is 23.8 Å². The normalized spacial score (nSPS) is 47.1. The molecule has 7 nitrogen and oxygen atoms in total. The lowest BCUT2D eigenvalue weighted by Gasteiger charge is -2.65. The summed E-state index contributed by atoms with van der Waals surface area (Å²) in [6.07, 6.45) is 3.10. The summed E-state index contributed by atoms with van der Waals surface area (Å²) >= 11 is 0. The van der Waals surface area contributed by atoms with Gasteiger partial charge in [-0.25, -0.2) is 0 Å². The fraction of sp³-hybridized carbons (Fsp3) is 0.800. The van der Waals surface area contributed by atoms with Crippen LogP contribution in [-0.4, -0.2) is 66.6 Å². The second kappa shape index (κ2) is 8.31. The summed E-state index contributed by atoms with van der Waals surface area (Å²) in [5.41, 5.74) is -5.07. The molecule has 0 aromatic rings. The number of rotatable bonds is 4. The molecular weight excluding hydrogens is 472 g/mol. The Morgan fingerprint density at radius 1 is 1.00 bits per heavy atom. The molecule has 4 aliphatic carbocycles. The number of hydrogen-bond acceptors (Lipinski definition) is 7. The SMILES string of the molecule is CC(C)(O)/C=C/C(=O)C(C)(O)[C@H]1[C@@H](O)C[C@@]2(C)[C@@H]3CC=C4[C@@H](C[C@@H](O)[C@H](O)C4(C)C)[C@]3(C)C(=O)C[C@]12C. The van der Waals surface area contributed by atoms with Crippen LogP contribution in [0.3, 0.4) is 0 Å². The number of aliphatic hydroxyl groups is 5. The van der Waals surface area contributed by atoms with E-state index >= 15 is 0 Å². The lowest BCUT2D eigenvalue weighted by Crippen LogP contribution is -2.65. The van der Waals surface area contributed by atoms with Gasteiger partial charge in [0.2, 0.25) is 0 Å². The summed E-state index contributed by atoms with van der Waals surface area (Å²) < 4.78 is 0. The standard InChI is InChI=1S/C30H46O7/c1-25(2,36)12-11-21(33)30(8,37)23-19(32)14-27(5)20-10-9-16-17(13-18(31)24(35)26(16,3)4)29(20,7)22(34)15-28(23,27)6/h9,11-12,17-20,23-24,31-32,35-37H,10,13-15H2,1-8H3/b12-11+/t17-,18-,19+,20+,23+,24+,27+,28-,29+,30?/m1/s1. The van der Waals surface area contributed by atoms with Gasteiger partial charge in [0.15, 0.2) is 5.78 Å². The first-order chi connectivity index (χ1) is 16.7. The zero-order chi connectivity index (χ0) is 28.1. The highest BCUT2D eigenvalue weighted by Gasteiger charge is 2.74. The highest BCUT2D eigenvalue weighted by atomic mass is 16.3. The molecule has 3 fully saturated rings. The van der Waals surface area contributed by atoms with E-state index in [1.807, 2.05) is 27.7 Å². The van der Waals surface area contributed by atoms with Gasteiger partial charge < -0.3 is 25.5 Å². The first-order valence-corrected chi connectivity index (χ1v) is 13.6. The van der Waals surface area contributed by atoms with Crippen LogP contribution < -0.4 is 0 Å². The maximum absolute atomic E-state index is 14.2. The van der Waals surface area contributed by atoms with Crippen LogP contribution in [0.15, 0.2) is 23.8 Å². The minimum Gasteiger partial charge on any atom is -0.393 e. The van der Waals surface area contributed by atoms with Gasteiger partial charge in [-0.2, -0.15) is 0 Å². The molecule has 1 unspecified atom stereocenters. The highest BCUT2D eigenvalue weighted by molar-refractivity contribution is 5.97. The van der Waals surface area contributed by atoms with Gasteiger partial charge in [0, 0.05) is 23.2 Å². The molecule has 4 aliphatic rings. The topological polar surface area (TPSA) is 135 Å². The molecule has 0 aliphatic heterocycles. The molecule has 0 bridgehead atoms. The van der Waals surface area contributed by atoms with Crippen molar-refractivity contribution in [3.8, 4) is 0 Å². The van der Waals surface area contributed by atoms with Crippen molar-refractivity contribution in [3.63, 3.8) is 0 Å². The minimum atomic E-state index is -1.94. The third kappa shape index (κ3) is 3.79. The van der Waals surface area contributed by atoms with Crippen LogP contribution in [0.1, 0.15) is 81.1 Å². The number of carbonyl (C=O) groups is 2. The van der Waals surface area contributed by atoms with E-state index < -0.39 is 62.9 Å². The van der Waals surface area contributed by atoms with E-state index in [1.165, 1.54) is 32.9 Å². The molecule has 37 heavy (non-hydrogen) atoms. The monoisotopic (exact) mass is 518 g/mol. The molecule has 10 atom stereocenters. The molecular formula is C30H46O7. The van der Waals surface area contributed by atoms with E-state index in [-0.39, 0.29) is 24.0 Å². The van der Waals surface area contributed by atoms with E-state index in [0.717, 1.165) is 5.57 Å². The molecule has 0 amide bonds. The van der Waals surface area contributed by atoms with Gasteiger partial charge >= 0.3 is 0 Å². The second-order valence-corrected chi connectivity index (χ2v) is 14.4. The number of aliphatic hydroxyl groups excluding tert-OH is 3. The summed E-state index contributed by atoms with van der Waals surface area (Å²) in [7, 11) is 0. The van der Waals surface area contributed by atoms with Gasteiger partial charge in [-0.1, -0.05) is 52.3 Å². The van der Waals surface area contributed by atoms with Gasteiger partial charge in [0.05, 0.1) is 23.9 Å². The zero-order valence-corrected chi connectivity index (χ0v) is 23.6. The van der Waals surface area contributed by atoms with Crippen LogP contribution in [0.4, 0.5) is 0 Å². The molecule has 0 heterocycles. The van der Waals surface area contributed by atoms with Gasteiger partial charge in [0.25, 0.3) is 0 Å². The summed E-state index contributed by atoms with van der Waals surface area (Å²) in [5, 5.41) is 54.6. The van der Waals surface area contributed by atoms with E-state index in [9.17, 15) is 35.1 Å². The lowest BCUT2D eigenvalue weighted by molar-refractivity contribution is -0.186. The van der Waals surface area contributed by atoms with E-state index in [2.05, 4.69) is 13.0 Å². The number of ketones is 2. The molecule has 5 N–H and O–H groups in total. The molecule has 4 rings (SSSR count). The Balaban J connectivity index is 1.79. The van der Waals surface area contributed by atoms with Crippen LogP contribution in [0.2, 0.25) is 0 Å². The van der Waals surface area contributed by atoms with Crippen molar-refractivity contribution in [2.24, 2.45) is 39.4 Å². The number of fused-ring (bicyclic) bond motifs is 5. The van der Waals surface area contributed by atoms with Gasteiger partial charge in [-0.15, -0.1) is 0 Å². The van der Waals surface area contributed by atoms with E-state index in [1.54, 1.807) is 0 Å². The largest absolute Gasteiger partial charge is 0.393 e. The Morgan fingerprint density at radius 3 is 2.16 bits per heavy atom. The summed E-state index contributed by atoms with van der Waals surface area (Å²) in [6, 6.07) is 0. The molecule has 0 aromatic heterocycles. The van der Waals surface area contributed by atoms with Gasteiger partial charge in [0.1, 0.15) is 11.4 Å². The summed E-state index contributed by atoms with van der Waals surface area (Å²) in [4.78, 5) is 27.4. The van der Waals surface area contributed by atoms with Crippen LogP contribution in [0.25, 0.3) is 0 Å². The van der Waals surface area contributed by atoms with Crippen LogP contribution in [0.5, 0.6) is 0 Å². The fourth-order valence-electron chi connectivity index (χ4n) is 9.15. The Morgan fingerprint density at radius 2 is 1.59 bits per heavy atom. The molecule has 7 heteroatoms. The molecule has 0 aromatic carbocycles. The van der Waals surface area contributed by atoms with Crippen molar-refractivity contribution in [1.29, 1.82) is 0 Å². The molecule has 208 valence electrons. The average Bonchev–Trinajstić information content (AvgIpc) is 2.96. The Labute approximate surface area is 220 Å². The van der Waals surface area contributed by atoms with E-state index in [4.69, 9.17) is 0 Å². The van der Waals surface area contributed by atoms with Crippen molar-refractivity contribution in [2.75, 3.05) is 0 Å². The summed E-state index contributed by atoms with van der Waals surface area (Å²) in [6.45, 7) is 14.3. The Kier molecular flexibility index (Phi) is 6.43. The predicted molar refractivity (Wildman–Crippen MR) is 139 cm³/mol. The van der Waals surface area contributed by atoms with Crippen molar-refractivity contribution in [1.82, 2.24) is 0 Å². The number of Topliss-reactive ketones (excluding diaryl/α,β-unsaturated/α-hetero) is 1. The molecule has 0 radical (unpaired) electrons. The Bertz CT molecular complexity index is 1050. The maximum atomic E-state index is 14.2. The number of allylic oxidation sites excluding steroid dienone is 1. The predicted octanol–water partition coefficient (Wildman–Crippen LogP) is 2.72. The van der Waals surface area contributed by atoms with Crippen LogP contribution >= 0.6 is 0 Å². The van der Waals surface area contributed by atoms with Crippen molar-refractivity contribution in [2.45, 2.75) is 111 Å². The maximum Gasteiger partial charge on any atom is 0.187 e. The fourth-order valence-corrected chi connectivity index (χ4v) is 9.15. The van der Waals surface area contributed by atoms with Gasteiger partial charge in [-0.05, 0) is 68.8 Å². The first kappa shape index (κ1) is 28.6. The smallest absolute Gasteiger partial charge is 0.187 e. The average molecular weight is 519 g/mol. The third-order valence-electron chi connectivity index (χ3n) is 11.4. The van der Waals surface area contributed by atoms with E-state index in [0.29, 0.717) is 19.3 Å². The quantitative estimate of drug-likeness (QED) is 0.285. The zero-order valence-electron chi connectivity index (χ0n) is 23.6. The molecule has 3 saturated carbocycles. The van der Waals surface area contributed by atoms with Crippen LogP contribution in [0, 0.1) is 39.4 Å². The van der Waals surface area contributed by atoms with Crippen molar-refractivity contribution < 1.29 is 35.1 Å². The lowest BCUT2D eigenvalue weighted by atomic mass is 9.38.